The third-order valence-corrected chi connectivity index (χ3v) is 3.53. The quantitative estimate of drug-likeness (QED) is 0.649. The van der Waals surface area contributed by atoms with Gasteiger partial charge < -0.3 is 20.9 Å². The molecule has 0 saturated heterocycles. The number of nitrogens with two attached hydrogens (primary N) is 1. The summed E-state index contributed by atoms with van der Waals surface area (Å²) in [7, 11) is 0. The van der Waals surface area contributed by atoms with Crippen molar-refractivity contribution in [2.75, 3.05) is 5.32 Å². The molecule has 0 fully saturated rings. The molecule has 2 amide bonds. The van der Waals surface area contributed by atoms with Crippen molar-refractivity contribution in [2.24, 2.45) is 5.73 Å². The summed E-state index contributed by atoms with van der Waals surface area (Å²) in [6.07, 6.45) is 1.57. The summed E-state index contributed by atoms with van der Waals surface area (Å²) in [5.74, 6) is -0.246. The number of aromatic nitrogens is 1. The highest BCUT2D eigenvalue weighted by molar-refractivity contribution is 5.91. The summed E-state index contributed by atoms with van der Waals surface area (Å²) in [4.78, 5) is 26.5. The van der Waals surface area contributed by atoms with Gasteiger partial charge in [-0.15, -0.1) is 0 Å². The van der Waals surface area contributed by atoms with Crippen LogP contribution >= 0.6 is 0 Å². The number of aromatic carboxylic acids is 1. The minimum absolute atomic E-state index is 0.182. The second-order valence-corrected chi connectivity index (χ2v) is 5.36. The molecule has 3 rings (SSSR count). The van der Waals surface area contributed by atoms with Crippen LogP contribution in [0, 0.1) is 0 Å². The average molecular weight is 349 g/mol. The van der Waals surface area contributed by atoms with Crippen LogP contribution in [0.25, 0.3) is 11.1 Å². The summed E-state index contributed by atoms with van der Waals surface area (Å²) in [6, 6.07) is 16.2. The fourth-order valence-electron chi connectivity index (χ4n) is 2.32. The lowest BCUT2D eigenvalue weighted by Crippen LogP contribution is -2.20. The molecule has 2 aromatic carbocycles. The lowest BCUT2D eigenvalue weighted by atomic mass is 10.1. The number of carbonyl (C=O) groups excluding carboxylic acids is 1. The van der Waals surface area contributed by atoms with E-state index in [1.807, 2.05) is 18.2 Å². The number of pyridine rings is 1. The highest BCUT2D eigenvalue weighted by Crippen LogP contribution is 2.31. The van der Waals surface area contributed by atoms with Gasteiger partial charge in [-0.1, -0.05) is 30.3 Å². The minimum Gasteiger partial charge on any atom is -0.478 e. The number of hydrogen-bond acceptors (Lipinski definition) is 4. The van der Waals surface area contributed by atoms with Crippen molar-refractivity contribution in [3.05, 3.63) is 72.4 Å². The van der Waals surface area contributed by atoms with Crippen molar-refractivity contribution in [3.63, 3.8) is 0 Å². The van der Waals surface area contributed by atoms with Crippen LogP contribution in [0.15, 0.2) is 66.9 Å². The molecule has 0 aliphatic carbocycles. The number of carboxylic acids is 1. The summed E-state index contributed by atoms with van der Waals surface area (Å²) < 4.78 is 5.69. The maximum absolute atomic E-state index is 11.3. The van der Waals surface area contributed by atoms with E-state index in [-0.39, 0.29) is 11.4 Å². The number of rotatable bonds is 5. The van der Waals surface area contributed by atoms with Crippen LogP contribution in [0.1, 0.15) is 10.4 Å². The summed E-state index contributed by atoms with van der Waals surface area (Å²) in [5.41, 5.74) is 7.13. The zero-order valence-electron chi connectivity index (χ0n) is 13.5. The number of anilines is 1. The highest BCUT2D eigenvalue weighted by Gasteiger charge is 2.12. The number of para-hydroxylation sites is 1. The number of benzene rings is 2. The first-order valence-corrected chi connectivity index (χ1v) is 7.66. The monoisotopic (exact) mass is 349 g/mol. The van der Waals surface area contributed by atoms with Crippen LogP contribution in [-0.4, -0.2) is 22.1 Å². The number of primary amides is 1. The zero-order chi connectivity index (χ0) is 18.5. The summed E-state index contributed by atoms with van der Waals surface area (Å²) >= 11 is 0. The Bertz CT molecular complexity index is 941. The van der Waals surface area contributed by atoms with E-state index in [1.54, 1.807) is 36.5 Å². The van der Waals surface area contributed by atoms with Gasteiger partial charge in [0.2, 0.25) is 5.88 Å². The minimum atomic E-state index is -1.00. The number of nitrogens with zero attached hydrogens (tertiary/aromatic N) is 1. The van der Waals surface area contributed by atoms with Gasteiger partial charge in [0.25, 0.3) is 0 Å². The molecule has 4 N–H and O–H groups in total. The topological polar surface area (TPSA) is 115 Å². The van der Waals surface area contributed by atoms with E-state index < -0.39 is 12.0 Å². The molecule has 0 aliphatic heterocycles. The van der Waals surface area contributed by atoms with Gasteiger partial charge in [-0.05, 0) is 35.9 Å². The second-order valence-electron chi connectivity index (χ2n) is 5.36. The van der Waals surface area contributed by atoms with Crippen LogP contribution in [0.4, 0.5) is 10.5 Å². The van der Waals surface area contributed by atoms with Gasteiger partial charge in [-0.2, -0.15) is 0 Å². The number of hydrogen-bond donors (Lipinski definition) is 3. The van der Waals surface area contributed by atoms with Crippen LogP contribution in [0.2, 0.25) is 0 Å². The summed E-state index contributed by atoms with van der Waals surface area (Å²) in [6.45, 7) is 0. The molecular formula is C19H15N3O4. The van der Waals surface area contributed by atoms with E-state index in [1.165, 1.54) is 12.1 Å². The van der Waals surface area contributed by atoms with E-state index in [0.717, 1.165) is 5.56 Å². The van der Waals surface area contributed by atoms with Gasteiger partial charge in [-0.3, -0.25) is 0 Å². The van der Waals surface area contributed by atoms with Gasteiger partial charge in [0.15, 0.2) is 0 Å². The van der Waals surface area contributed by atoms with Crippen molar-refractivity contribution >= 4 is 17.7 Å². The number of carbonyl (C=O) groups is 2. The maximum Gasteiger partial charge on any atom is 0.335 e. The molecule has 0 aliphatic rings. The summed E-state index contributed by atoms with van der Waals surface area (Å²) in [5, 5.41) is 11.5. The molecule has 0 radical (unpaired) electrons. The lowest BCUT2D eigenvalue weighted by molar-refractivity contribution is 0.0697. The largest absolute Gasteiger partial charge is 0.478 e. The van der Waals surface area contributed by atoms with Crippen molar-refractivity contribution < 1.29 is 19.4 Å². The van der Waals surface area contributed by atoms with E-state index in [0.29, 0.717) is 17.0 Å². The Labute approximate surface area is 149 Å². The number of urea groups is 1. The standard InChI is InChI=1S/C19H15N3O4/c20-19(25)22-16-10-14(12-6-8-13(9-7-12)18(23)24)11-21-17(16)26-15-4-2-1-3-5-15/h1-11H,(H,23,24)(H3,20,22,25). The molecule has 130 valence electrons. The maximum atomic E-state index is 11.3. The van der Waals surface area contributed by atoms with Crippen molar-refractivity contribution in [1.82, 2.24) is 4.98 Å². The van der Waals surface area contributed by atoms with Crippen molar-refractivity contribution in [2.45, 2.75) is 0 Å². The molecule has 0 atom stereocenters. The van der Waals surface area contributed by atoms with Crippen molar-refractivity contribution in [3.8, 4) is 22.8 Å². The average Bonchev–Trinajstić information content (AvgIpc) is 2.64. The van der Waals surface area contributed by atoms with E-state index in [2.05, 4.69) is 10.3 Å². The Kier molecular flexibility index (Phi) is 4.80. The Balaban J connectivity index is 1.95. The first-order chi connectivity index (χ1) is 12.5. The molecule has 7 nitrogen and oxygen atoms in total. The van der Waals surface area contributed by atoms with E-state index in [4.69, 9.17) is 15.6 Å². The molecule has 1 aromatic heterocycles. The Morgan fingerprint density at radius 2 is 1.69 bits per heavy atom. The first kappa shape index (κ1) is 17.0. The molecule has 7 heteroatoms. The molecule has 0 saturated carbocycles. The highest BCUT2D eigenvalue weighted by atomic mass is 16.5. The normalized spacial score (nSPS) is 10.2. The Morgan fingerprint density at radius 3 is 2.31 bits per heavy atom. The molecule has 0 spiro atoms. The van der Waals surface area contributed by atoms with Gasteiger partial charge in [0.05, 0.1) is 5.56 Å². The number of ether oxygens (including phenoxy) is 1. The molecular weight excluding hydrogens is 334 g/mol. The molecule has 0 unspecified atom stereocenters. The molecule has 3 aromatic rings. The third-order valence-electron chi connectivity index (χ3n) is 3.53. The Hall–Kier alpha value is -3.87. The van der Waals surface area contributed by atoms with Crippen LogP contribution in [-0.2, 0) is 0 Å². The number of nitrogens with one attached hydrogen (secondary N) is 1. The third kappa shape index (κ3) is 3.96. The van der Waals surface area contributed by atoms with Crippen molar-refractivity contribution in [1.29, 1.82) is 0 Å². The number of amides is 2. The van der Waals surface area contributed by atoms with Crippen LogP contribution < -0.4 is 15.8 Å². The van der Waals surface area contributed by atoms with Gasteiger partial charge >= 0.3 is 12.0 Å². The second kappa shape index (κ2) is 7.35. The SMILES string of the molecule is NC(=O)Nc1cc(-c2ccc(C(=O)O)cc2)cnc1Oc1ccccc1. The van der Waals surface area contributed by atoms with Crippen LogP contribution in [0.3, 0.4) is 0 Å². The first-order valence-electron chi connectivity index (χ1n) is 7.66. The fourth-order valence-corrected chi connectivity index (χ4v) is 2.32. The molecule has 26 heavy (non-hydrogen) atoms. The van der Waals surface area contributed by atoms with Gasteiger partial charge in [-0.25, -0.2) is 14.6 Å². The van der Waals surface area contributed by atoms with Gasteiger partial charge in [0, 0.05) is 11.8 Å². The van der Waals surface area contributed by atoms with Crippen LogP contribution in [0.5, 0.6) is 11.6 Å². The van der Waals surface area contributed by atoms with E-state index >= 15 is 0 Å². The fraction of sp³-hybridized carbons (Fsp3) is 0. The van der Waals surface area contributed by atoms with E-state index in [9.17, 15) is 9.59 Å². The molecule has 1 heterocycles. The van der Waals surface area contributed by atoms with Gasteiger partial charge in [0.1, 0.15) is 11.4 Å². The predicted octanol–water partition coefficient (Wildman–Crippen LogP) is 3.73. The lowest BCUT2D eigenvalue weighted by Gasteiger charge is -2.12. The Morgan fingerprint density at radius 1 is 1.00 bits per heavy atom. The smallest absolute Gasteiger partial charge is 0.335 e. The zero-order valence-corrected chi connectivity index (χ0v) is 13.5. The number of carboxylic acid groups (broad SMARTS) is 1. The predicted molar refractivity (Wildman–Crippen MR) is 96.4 cm³/mol. The molecule has 0 bridgehead atoms.